The fourth-order valence-corrected chi connectivity index (χ4v) is 2.33. The van der Waals surface area contributed by atoms with Gasteiger partial charge in [0.05, 0.1) is 12.5 Å². The molecule has 1 aromatic rings. The van der Waals surface area contributed by atoms with Crippen molar-refractivity contribution in [2.75, 3.05) is 13.1 Å². The lowest BCUT2D eigenvalue weighted by Gasteiger charge is -2.28. The van der Waals surface area contributed by atoms with Crippen LogP contribution in [0, 0.1) is 11.8 Å². The Morgan fingerprint density at radius 1 is 1.47 bits per heavy atom. The molecule has 0 amide bonds. The molecule has 6 heteroatoms. The smallest absolute Gasteiger partial charge is 0.306 e. The van der Waals surface area contributed by atoms with Gasteiger partial charge in [0.25, 0.3) is 0 Å². The molecular formula is C13H21N3O3. The van der Waals surface area contributed by atoms with Crippen LogP contribution in [0.4, 0.5) is 0 Å². The lowest BCUT2D eigenvalue weighted by atomic mass is 9.97. The van der Waals surface area contributed by atoms with Gasteiger partial charge in [0.1, 0.15) is 0 Å². The van der Waals surface area contributed by atoms with Crippen molar-refractivity contribution < 1.29 is 14.4 Å². The van der Waals surface area contributed by atoms with Crippen molar-refractivity contribution in [3.05, 3.63) is 11.7 Å². The Bertz CT molecular complexity index is 423. The normalized spacial score (nSPS) is 18.1. The lowest BCUT2D eigenvalue weighted by molar-refractivity contribution is -0.143. The number of piperidine rings is 1. The monoisotopic (exact) mass is 267 g/mol. The number of carbonyl (C=O) groups is 1. The summed E-state index contributed by atoms with van der Waals surface area (Å²) >= 11 is 0. The largest absolute Gasteiger partial charge is 0.481 e. The summed E-state index contributed by atoms with van der Waals surface area (Å²) in [5.74, 6) is 1.01. The van der Waals surface area contributed by atoms with E-state index >= 15 is 0 Å². The van der Waals surface area contributed by atoms with Crippen LogP contribution in [-0.4, -0.2) is 39.2 Å². The number of carboxylic acid groups (broad SMARTS) is 1. The number of likely N-dealkylation sites (tertiary alicyclic amines) is 1. The zero-order valence-corrected chi connectivity index (χ0v) is 11.5. The summed E-state index contributed by atoms with van der Waals surface area (Å²) in [6.45, 7) is 6.41. The zero-order valence-electron chi connectivity index (χ0n) is 11.5. The first-order valence-electron chi connectivity index (χ1n) is 6.81. The number of hydrogen-bond acceptors (Lipinski definition) is 5. The molecule has 0 radical (unpaired) electrons. The highest BCUT2D eigenvalue weighted by atomic mass is 16.5. The summed E-state index contributed by atoms with van der Waals surface area (Å²) in [6, 6.07) is 0. The molecular weight excluding hydrogens is 246 g/mol. The molecule has 6 nitrogen and oxygen atoms in total. The number of carboxylic acids is 1. The van der Waals surface area contributed by atoms with E-state index in [4.69, 9.17) is 9.63 Å². The maximum atomic E-state index is 10.9. The van der Waals surface area contributed by atoms with Gasteiger partial charge in [-0.3, -0.25) is 9.69 Å². The number of rotatable bonds is 5. The lowest BCUT2D eigenvalue weighted by Crippen LogP contribution is -2.35. The van der Waals surface area contributed by atoms with E-state index in [9.17, 15) is 4.79 Å². The molecule has 0 atom stereocenters. The first-order valence-corrected chi connectivity index (χ1v) is 6.81. The van der Waals surface area contributed by atoms with Gasteiger partial charge in [0.2, 0.25) is 5.89 Å². The molecule has 0 spiro atoms. The maximum Gasteiger partial charge on any atom is 0.306 e. The van der Waals surface area contributed by atoms with Gasteiger partial charge in [0, 0.05) is 6.42 Å². The standard InChI is InChI=1S/C13H21N3O3/c1-9(2)7-11-14-12(19-15-11)8-16-5-3-10(4-6-16)13(17)18/h9-10H,3-8H2,1-2H3,(H,17,18). The average Bonchev–Trinajstić information content (AvgIpc) is 2.76. The minimum atomic E-state index is -0.684. The highest BCUT2D eigenvalue weighted by Crippen LogP contribution is 2.18. The van der Waals surface area contributed by atoms with Gasteiger partial charge in [-0.25, -0.2) is 0 Å². The van der Waals surface area contributed by atoms with Crippen LogP contribution in [0.5, 0.6) is 0 Å². The Balaban J connectivity index is 1.82. The minimum Gasteiger partial charge on any atom is -0.481 e. The van der Waals surface area contributed by atoms with Crippen molar-refractivity contribution in [3.8, 4) is 0 Å². The van der Waals surface area contributed by atoms with Gasteiger partial charge < -0.3 is 9.63 Å². The van der Waals surface area contributed by atoms with Crippen LogP contribution in [0.25, 0.3) is 0 Å². The molecule has 1 aliphatic rings. The van der Waals surface area contributed by atoms with E-state index in [0.29, 0.717) is 31.2 Å². The maximum absolute atomic E-state index is 10.9. The average molecular weight is 267 g/mol. The first kappa shape index (κ1) is 14.0. The Labute approximate surface area is 112 Å². The molecule has 0 unspecified atom stereocenters. The molecule has 1 aliphatic heterocycles. The minimum absolute atomic E-state index is 0.199. The van der Waals surface area contributed by atoms with Gasteiger partial charge in [0.15, 0.2) is 5.82 Å². The van der Waals surface area contributed by atoms with Gasteiger partial charge in [-0.15, -0.1) is 0 Å². The molecule has 0 aromatic carbocycles. The van der Waals surface area contributed by atoms with E-state index in [1.807, 2.05) is 0 Å². The van der Waals surface area contributed by atoms with E-state index in [1.165, 1.54) is 0 Å². The molecule has 1 aromatic heterocycles. The predicted molar refractivity (Wildman–Crippen MR) is 68.5 cm³/mol. The molecule has 2 rings (SSSR count). The van der Waals surface area contributed by atoms with Crippen LogP contribution in [0.2, 0.25) is 0 Å². The van der Waals surface area contributed by atoms with Crippen molar-refractivity contribution in [1.29, 1.82) is 0 Å². The van der Waals surface area contributed by atoms with Crippen molar-refractivity contribution in [2.45, 2.75) is 39.7 Å². The Morgan fingerprint density at radius 2 is 2.16 bits per heavy atom. The third-order valence-electron chi connectivity index (χ3n) is 3.40. The van der Waals surface area contributed by atoms with Crippen molar-refractivity contribution in [1.82, 2.24) is 15.0 Å². The van der Waals surface area contributed by atoms with E-state index in [0.717, 1.165) is 25.3 Å². The fraction of sp³-hybridized carbons (Fsp3) is 0.769. The summed E-state index contributed by atoms with van der Waals surface area (Å²) in [7, 11) is 0. The Kier molecular flexibility index (Phi) is 4.52. The van der Waals surface area contributed by atoms with Gasteiger partial charge in [-0.1, -0.05) is 19.0 Å². The molecule has 0 bridgehead atoms. The van der Waals surface area contributed by atoms with Crippen molar-refractivity contribution in [2.24, 2.45) is 11.8 Å². The topological polar surface area (TPSA) is 79.5 Å². The third kappa shape index (κ3) is 4.02. The summed E-state index contributed by atoms with van der Waals surface area (Å²) in [6.07, 6.45) is 2.22. The Hall–Kier alpha value is -1.43. The summed E-state index contributed by atoms with van der Waals surface area (Å²) in [4.78, 5) is 17.4. The molecule has 1 saturated heterocycles. The van der Waals surface area contributed by atoms with Gasteiger partial charge in [-0.05, 0) is 31.8 Å². The van der Waals surface area contributed by atoms with Gasteiger partial charge >= 0.3 is 5.97 Å². The van der Waals surface area contributed by atoms with Crippen LogP contribution < -0.4 is 0 Å². The van der Waals surface area contributed by atoms with Gasteiger partial charge in [-0.2, -0.15) is 4.98 Å². The highest BCUT2D eigenvalue weighted by Gasteiger charge is 2.25. The summed E-state index contributed by atoms with van der Waals surface area (Å²) in [5.41, 5.74) is 0. The highest BCUT2D eigenvalue weighted by molar-refractivity contribution is 5.70. The van der Waals surface area contributed by atoms with E-state index in [-0.39, 0.29) is 5.92 Å². The zero-order chi connectivity index (χ0) is 13.8. The quantitative estimate of drug-likeness (QED) is 0.872. The van der Waals surface area contributed by atoms with Crippen LogP contribution in [-0.2, 0) is 17.8 Å². The summed E-state index contributed by atoms with van der Waals surface area (Å²) in [5, 5.41) is 12.9. The molecule has 106 valence electrons. The number of nitrogens with zero attached hydrogens (tertiary/aromatic N) is 3. The number of hydrogen-bond donors (Lipinski definition) is 1. The van der Waals surface area contributed by atoms with E-state index < -0.39 is 5.97 Å². The van der Waals surface area contributed by atoms with Crippen molar-refractivity contribution >= 4 is 5.97 Å². The van der Waals surface area contributed by atoms with E-state index in [1.54, 1.807) is 0 Å². The molecule has 2 heterocycles. The third-order valence-corrected chi connectivity index (χ3v) is 3.40. The number of aliphatic carboxylic acids is 1. The van der Waals surface area contributed by atoms with Crippen molar-refractivity contribution in [3.63, 3.8) is 0 Å². The second kappa shape index (κ2) is 6.14. The molecule has 19 heavy (non-hydrogen) atoms. The SMILES string of the molecule is CC(C)Cc1noc(CN2CCC(C(=O)O)CC2)n1. The molecule has 1 fully saturated rings. The fourth-order valence-electron chi connectivity index (χ4n) is 2.33. The Morgan fingerprint density at radius 3 is 2.74 bits per heavy atom. The summed E-state index contributed by atoms with van der Waals surface area (Å²) < 4.78 is 5.22. The molecule has 1 N–H and O–H groups in total. The van der Waals surface area contributed by atoms with Crippen LogP contribution in [0.15, 0.2) is 4.52 Å². The van der Waals surface area contributed by atoms with Crippen LogP contribution >= 0.6 is 0 Å². The molecule has 0 saturated carbocycles. The second-order valence-electron chi connectivity index (χ2n) is 5.59. The van der Waals surface area contributed by atoms with Crippen LogP contribution in [0.1, 0.15) is 38.4 Å². The molecule has 0 aliphatic carbocycles. The number of aromatic nitrogens is 2. The first-order chi connectivity index (χ1) is 9.04. The van der Waals surface area contributed by atoms with E-state index in [2.05, 4.69) is 28.9 Å². The predicted octanol–water partition coefficient (Wildman–Crippen LogP) is 1.56. The van der Waals surface area contributed by atoms with Crippen LogP contribution in [0.3, 0.4) is 0 Å². The second-order valence-corrected chi connectivity index (χ2v) is 5.59.